The molecule has 1 N–H and O–H groups in total. The molecule has 6 heteroatoms. The van der Waals surface area contributed by atoms with Crippen LogP contribution in [0.15, 0.2) is 18.2 Å². The lowest BCUT2D eigenvalue weighted by molar-refractivity contribution is -0.385. The van der Waals surface area contributed by atoms with Gasteiger partial charge in [0.05, 0.1) is 4.92 Å². The van der Waals surface area contributed by atoms with Crippen LogP contribution in [0.3, 0.4) is 0 Å². The van der Waals surface area contributed by atoms with E-state index in [4.69, 9.17) is 5.11 Å². The van der Waals surface area contributed by atoms with E-state index >= 15 is 0 Å². The van der Waals surface area contributed by atoms with Gasteiger partial charge < -0.3 is 10.0 Å². The Bertz CT molecular complexity index is 468. The molecule has 0 fully saturated rings. The van der Waals surface area contributed by atoms with Crippen LogP contribution in [0.1, 0.15) is 37.0 Å². The van der Waals surface area contributed by atoms with E-state index in [0.717, 1.165) is 25.9 Å². The predicted molar refractivity (Wildman–Crippen MR) is 72.9 cm³/mol. The molecule has 1 aromatic carbocycles. The Kier molecular flexibility index (Phi) is 5.29. The summed E-state index contributed by atoms with van der Waals surface area (Å²) in [6.07, 6.45) is 1.85. The standard InChI is InChI=1S/C13H18N2O4/c1-3-7-14(8-4-2)10-5-6-11(13(16)17)12(9-10)15(18)19/h5-6,9H,3-4,7-8H2,1-2H3,(H,16,17). The first-order valence-electron chi connectivity index (χ1n) is 6.27. The van der Waals surface area contributed by atoms with E-state index in [9.17, 15) is 14.9 Å². The van der Waals surface area contributed by atoms with Gasteiger partial charge in [-0.1, -0.05) is 13.8 Å². The number of carbonyl (C=O) groups is 1. The van der Waals surface area contributed by atoms with Crippen molar-refractivity contribution in [1.29, 1.82) is 0 Å². The third-order valence-corrected chi connectivity index (χ3v) is 2.76. The molecule has 0 bridgehead atoms. The minimum absolute atomic E-state index is 0.276. The molecule has 1 rings (SSSR count). The highest BCUT2D eigenvalue weighted by Gasteiger charge is 2.21. The van der Waals surface area contributed by atoms with Crippen LogP contribution in [0.2, 0.25) is 0 Å². The SMILES string of the molecule is CCCN(CCC)c1ccc(C(=O)O)c([N+](=O)[O-])c1. The highest BCUT2D eigenvalue weighted by atomic mass is 16.6. The van der Waals surface area contributed by atoms with Crippen LogP contribution in [0.5, 0.6) is 0 Å². The number of nitro groups is 1. The Morgan fingerprint density at radius 2 is 1.89 bits per heavy atom. The van der Waals surface area contributed by atoms with Gasteiger partial charge in [-0.25, -0.2) is 4.79 Å². The second kappa shape index (κ2) is 6.72. The van der Waals surface area contributed by atoms with Crippen LogP contribution < -0.4 is 4.90 Å². The average Bonchev–Trinajstić information content (AvgIpc) is 2.37. The maximum absolute atomic E-state index is 10.9. The largest absolute Gasteiger partial charge is 0.477 e. The van der Waals surface area contributed by atoms with Crippen LogP contribution in [0.4, 0.5) is 11.4 Å². The van der Waals surface area contributed by atoms with Crippen molar-refractivity contribution in [3.05, 3.63) is 33.9 Å². The molecule has 0 saturated carbocycles. The van der Waals surface area contributed by atoms with E-state index < -0.39 is 10.9 Å². The first kappa shape index (κ1) is 14.9. The normalized spacial score (nSPS) is 10.2. The van der Waals surface area contributed by atoms with Crippen LogP contribution in [0.25, 0.3) is 0 Å². The van der Waals surface area contributed by atoms with Crippen molar-refractivity contribution < 1.29 is 14.8 Å². The Labute approximate surface area is 111 Å². The first-order chi connectivity index (χ1) is 9.01. The molecule has 0 spiro atoms. The fraction of sp³-hybridized carbons (Fsp3) is 0.462. The van der Waals surface area contributed by atoms with Crippen molar-refractivity contribution in [2.45, 2.75) is 26.7 Å². The molecule has 0 amide bonds. The number of hydrogen-bond acceptors (Lipinski definition) is 4. The summed E-state index contributed by atoms with van der Waals surface area (Å²) in [7, 11) is 0. The lowest BCUT2D eigenvalue weighted by Crippen LogP contribution is -2.25. The summed E-state index contributed by atoms with van der Waals surface area (Å²) in [6.45, 7) is 5.64. The number of carboxylic acid groups (broad SMARTS) is 1. The molecule has 0 heterocycles. The average molecular weight is 266 g/mol. The van der Waals surface area contributed by atoms with Gasteiger partial charge in [-0.2, -0.15) is 0 Å². The molecule has 0 saturated heterocycles. The topological polar surface area (TPSA) is 83.7 Å². The Hall–Kier alpha value is -2.11. The highest BCUT2D eigenvalue weighted by Crippen LogP contribution is 2.26. The van der Waals surface area contributed by atoms with E-state index in [2.05, 4.69) is 0 Å². The lowest BCUT2D eigenvalue weighted by atomic mass is 10.1. The van der Waals surface area contributed by atoms with Crippen molar-refractivity contribution in [3.63, 3.8) is 0 Å². The molecular weight excluding hydrogens is 248 g/mol. The van der Waals surface area contributed by atoms with E-state index in [-0.39, 0.29) is 11.3 Å². The maximum atomic E-state index is 10.9. The highest BCUT2D eigenvalue weighted by molar-refractivity contribution is 5.93. The number of aromatic carboxylic acids is 1. The molecular formula is C13H18N2O4. The fourth-order valence-electron chi connectivity index (χ4n) is 1.96. The molecule has 0 radical (unpaired) electrons. The van der Waals surface area contributed by atoms with Gasteiger partial charge in [-0.05, 0) is 25.0 Å². The van der Waals surface area contributed by atoms with E-state index in [1.54, 1.807) is 6.07 Å². The van der Waals surface area contributed by atoms with Gasteiger partial charge in [-0.15, -0.1) is 0 Å². The Balaban J connectivity index is 3.19. The number of carboxylic acids is 1. The monoisotopic (exact) mass is 266 g/mol. The minimum Gasteiger partial charge on any atom is -0.477 e. The minimum atomic E-state index is -1.28. The molecule has 1 aromatic rings. The quantitative estimate of drug-likeness (QED) is 0.606. The third kappa shape index (κ3) is 3.67. The van der Waals surface area contributed by atoms with Gasteiger partial charge in [0.15, 0.2) is 0 Å². The number of benzene rings is 1. The summed E-state index contributed by atoms with van der Waals surface area (Å²) in [5.41, 5.74) is 0.0595. The summed E-state index contributed by atoms with van der Waals surface area (Å²) in [4.78, 5) is 23.3. The predicted octanol–water partition coefficient (Wildman–Crippen LogP) is 2.92. The maximum Gasteiger partial charge on any atom is 0.342 e. The van der Waals surface area contributed by atoms with E-state index in [0.29, 0.717) is 5.69 Å². The second-order valence-electron chi connectivity index (χ2n) is 4.25. The molecule has 19 heavy (non-hydrogen) atoms. The van der Waals surface area contributed by atoms with Gasteiger partial charge in [0.25, 0.3) is 5.69 Å². The molecule has 6 nitrogen and oxygen atoms in total. The molecule has 0 unspecified atom stereocenters. The molecule has 0 aliphatic carbocycles. The Morgan fingerprint density at radius 3 is 2.32 bits per heavy atom. The first-order valence-corrected chi connectivity index (χ1v) is 6.27. The lowest BCUT2D eigenvalue weighted by Gasteiger charge is -2.23. The fourth-order valence-corrected chi connectivity index (χ4v) is 1.96. The van der Waals surface area contributed by atoms with Crippen LogP contribution in [-0.4, -0.2) is 29.1 Å². The smallest absolute Gasteiger partial charge is 0.342 e. The summed E-state index contributed by atoms with van der Waals surface area (Å²) >= 11 is 0. The number of anilines is 1. The van der Waals surface area contributed by atoms with Gasteiger partial charge in [-0.3, -0.25) is 10.1 Å². The number of rotatable bonds is 7. The number of nitrogens with zero attached hydrogens (tertiary/aromatic N) is 2. The van der Waals surface area contributed by atoms with Crippen molar-refractivity contribution in [2.75, 3.05) is 18.0 Å². The van der Waals surface area contributed by atoms with Crippen molar-refractivity contribution in [1.82, 2.24) is 0 Å². The van der Waals surface area contributed by atoms with Crippen molar-refractivity contribution >= 4 is 17.3 Å². The zero-order valence-corrected chi connectivity index (χ0v) is 11.1. The number of hydrogen-bond donors (Lipinski definition) is 1. The van der Waals surface area contributed by atoms with Crippen LogP contribution in [0, 0.1) is 10.1 Å². The number of nitro benzene ring substituents is 1. The van der Waals surface area contributed by atoms with Gasteiger partial charge in [0.2, 0.25) is 0 Å². The van der Waals surface area contributed by atoms with Crippen molar-refractivity contribution in [3.8, 4) is 0 Å². The molecule has 0 aliphatic heterocycles. The summed E-state index contributed by atoms with van der Waals surface area (Å²) in [6, 6.07) is 4.27. The van der Waals surface area contributed by atoms with Crippen LogP contribution in [-0.2, 0) is 0 Å². The Morgan fingerprint density at radius 1 is 1.32 bits per heavy atom. The van der Waals surface area contributed by atoms with E-state index in [1.165, 1.54) is 12.1 Å². The third-order valence-electron chi connectivity index (χ3n) is 2.76. The summed E-state index contributed by atoms with van der Waals surface area (Å²) < 4.78 is 0. The van der Waals surface area contributed by atoms with E-state index in [1.807, 2.05) is 18.7 Å². The second-order valence-corrected chi connectivity index (χ2v) is 4.25. The summed E-state index contributed by atoms with van der Waals surface area (Å²) in [5.74, 6) is -1.28. The molecule has 0 atom stereocenters. The molecule has 0 aromatic heterocycles. The zero-order chi connectivity index (χ0) is 14.4. The summed E-state index contributed by atoms with van der Waals surface area (Å²) in [5, 5.41) is 19.9. The van der Waals surface area contributed by atoms with Crippen molar-refractivity contribution in [2.24, 2.45) is 0 Å². The molecule has 104 valence electrons. The molecule has 0 aliphatic rings. The zero-order valence-electron chi connectivity index (χ0n) is 11.1. The van der Waals surface area contributed by atoms with Gasteiger partial charge in [0.1, 0.15) is 5.56 Å². The van der Waals surface area contributed by atoms with Crippen LogP contribution >= 0.6 is 0 Å². The van der Waals surface area contributed by atoms with Gasteiger partial charge in [0, 0.05) is 24.8 Å². The van der Waals surface area contributed by atoms with Gasteiger partial charge >= 0.3 is 5.97 Å².